The summed E-state index contributed by atoms with van der Waals surface area (Å²) in [6.07, 6.45) is -0.742. The normalized spacial score (nSPS) is 10.0. The summed E-state index contributed by atoms with van der Waals surface area (Å²) in [5.74, 6) is -0.847. The number of carboxylic acids is 1. The molecule has 0 bridgehead atoms. The molecule has 0 saturated heterocycles. The van der Waals surface area contributed by atoms with Crippen molar-refractivity contribution in [2.45, 2.75) is 6.61 Å². The zero-order valence-electron chi connectivity index (χ0n) is 12.2. The molecule has 0 unspecified atom stereocenters. The van der Waals surface area contributed by atoms with Gasteiger partial charge in [0.2, 0.25) is 0 Å². The number of halogens is 1. The molecule has 120 valence electrons. The Hall–Kier alpha value is -2.54. The first-order chi connectivity index (χ1) is 11.0. The molecule has 2 N–H and O–H groups in total. The van der Waals surface area contributed by atoms with Crippen LogP contribution in [0.4, 0.5) is 10.5 Å². The average molecular weight is 380 g/mol. The topological polar surface area (TPSA) is 84.9 Å². The fourth-order valence-corrected chi connectivity index (χ4v) is 2.57. The van der Waals surface area contributed by atoms with E-state index in [0.29, 0.717) is 5.75 Å². The lowest BCUT2D eigenvalue weighted by Gasteiger charge is -2.13. The zero-order valence-corrected chi connectivity index (χ0v) is 13.8. The van der Waals surface area contributed by atoms with Gasteiger partial charge in [-0.2, -0.15) is 0 Å². The molecule has 0 fully saturated rings. The molecule has 0 heterocycles. The monoisotopic (exact) mass is 379 g/mol. The molecule has 2 aromatic carbocycles. The molecule has 0 saturated carbocycles. The number of carbonyl (C=O) groups is 2. The van der Waals surface area contributed by atoms with Gasteiger partial charge in [-0.05, 0) is 33.6 Å². The number of methoxy groups -OCH3 is 1. The second-order valence-corrected chi connectivity index (χ2v) is 5.29. The van der Waals surface area contributed by atoms with E-state index < -0.39 is 12.1 Å². The molecule has 0 aliphatic rings. The Kier molecular flexibility index (Phi) is 5.59. The van der Waals surface area contributed by atoms with Crippen molar-refractivity contribution in [2.75, 3.05) is 12.4 Å². The van der Waals surface area contributed by atoms with E-state index in [2.05, 4.69) is 21.2 Å². The van der Waals surface area contributed by atoms with E-state index in [1.807, 2.05) is 30.3 Å². The SMILES string of the molecule is COc1ccc(NC(=O)OCc2ccccc2)c(C(=O)O)c1Br. The number of rotatable bonds is 5. The highest BCUT2D eigenvalue weighted by Crippen LogP contribution is 2.33. The van der Waals surface area contributed by atoms with Gasteiger partial charge in [-0.3, -0.25) is 5.32 Å². The third-order valence-corrected chi connectivity index (χ3v) is 3.78. The van der Waals surface area contributed by atoms with Crippen LogP contribution in [-0.2, 0) is 11.3 Å². The largest absolute Gasteiger partial charge is 0.496 e. The molecule has 0 aliphatic carbocycles. The van der Waals surface area contributed by atoms with Crippen LogP contribution < -0.4 is 10.1 Å². The van der Waals surface area contributed by atoms with Crippen molar-refractivity contribution in [3.8, 4) is 5.75 Å². The van der Waals surface area contributed by atoms with Crippen LogP contribution in [0.1, 0.15) is 15.9 Å². The fourth-order valence-electron chi connectivity index (χ4n) is 1.90. The standard InChI is InChI=1S/C16H14BrNO5/c1-22-12-8-7-11(13(14(12)17)15(19)20)18-16(21)23-9-10-5-3-2-4-6-10/h2-8H,9H2,1H3,(H,18,21)(H,19,20). The van der Waals surface area contributed by atoms with Crippen LogP contribution in [0.25, 0.3) is 0 Å². The number of carbonyl (C=O) groups excluding carboxylic acids is 1. The van der Waals surface area contributed by atoms with Crippen molar-refractivity contribution in [1.82, 2.24) is 0 Å². The van der Waals surface area contributed by atoms with Gasteiger partial charge in [-0.15, -0.1) is 0 Å². The van der Waals surface area contributed by atoms with Gasteiger partial charge in [0.05, 0.1) is 17.3 Å². The lowest BCUT2D eigenvalue weighted by Crippen LogP contribution is -2.16. The van der Waals surface area contributed by atoms with Gasteiger partial charge in [-0.25, -0.2) is 9.59 Å². The Labute approximate surface area is 141 Å². The second kappa shape index (κ2) is 7.64. The van der Waals surface area contributed by atoms with Gasteiger partial charge in [0, 0.05) is 0 Å². The maximum Gasteiger partial charge on any atom is 0.411 e. The lowest BCUT2D eigenvalue weighted by molar-refractivity contribution is 0.0696. The van der Waals surface area contributed by atoms with Crippen LogP contribution in [0.3, 0.4) is 0 Å². The number of amides is 1. The number of nitrogens with one attached hydrogen (secondary N) is 1. The van der Waals surface area contributed by atoms with E-state index in [4.69, 9.17) is 9.47 Å². The molecule has 0 aliphatic heterocycles. The average Bonchev–Trinajstić information content (AvgIpc) is 2.54. The molecular formula is C16H14BrNO5. The Morgan fingerprint density at radius 3 is 2.48 bits per heavy atom. The molecule has 1 amide bonds. The molecule has 0 radical (unpaired) electrons. The number of ether oxygens (including phenoxy) is 2. The van der Waals surface area contributed by atoms with E-state index in [1.54, 1.807) is 6.07 Å². The highest BCUT2D eigenvalue weighted by atomic mass is 79.9. The Bertz CT molecular complexity index is 718. The highest BCUT2D eigenvalue weighted by Gasteiger charge is 2.20. The van der Waals surface area contributed by atoms with Gasteiger partial charge < -0.3 is 14.6 Å². The molecule has 0 aromatic heterocycles. The van der Waals surface area contributed by atoms with Crippen molar-refractivity contribution in [2.24, 2.45) is 0 Å². The van der Waals surface area contributed by atoms with Gasteiger partial charge >= 0.3 is 12.1 Å². The summed E-state index contributed by atoms with van der Waals surface area (Å²) in [6.45, 7) is 0.0897. The van der Waals surface area contributed by atoms with Crippen molar-refractivity contribution >= 4 is 33.7 Å². The van der Waals surface area contributed by atoms with Gasteiger partial charge in [-0.1, -0.05) is 30.3 Å². The van der Waals surface area contributed by atoms with E-state index >= 15 is 0 Å². The fraction of sp³-hybridized carbons (Fsp3) is 0.125. The van der Waals surface area contributed by atoms with Gasteiger partial charge in [0.25, 0.3) is 0 Å². The Morgan fingerprint density at radius 1 is 1.17 bits per heavy atom. The van der Waals surface area contributed by atoms with Crippen molar-refractivity contribution in [3.05, 3.63) is 58.1 Å². The van der Waals surface area contributed by atoms with E-state index in [1.165, 1.54) is 13.2 Å². The predicted octanol–water partition coefficient (Wildman–Crippen LogP) is 3.90. The van der Waals surface area contributed by atoms with Crippen LogP contribution in [0.2, 0.25) is 0 Å². The van der Waals surface area contributed by atoms with Crippen molar-refractivity contribution in [1.29, 1.82) is 0 Å². The van der Waals surface area contributed by atoms with Crippen LogP contribution in [0, 0.1) is 0 Å². The first-order valence-electron chi connectivity index (χ1n) is 6.60. The number of hydrogen-bond acceptors (Lipinski definition) is 4. The van der Waals surface area contributed by atoms with Crippen molar-refractivity contribution < 1.29 is 24.2 Å². The maximum absolute atomic E-state index is 11.9. The Balaban J connectivity index is 2.11. The predicted molar refractivity (Wildman–Crippen MR) is 87.9 cm³/mol. The van der Waals surface area contributed by atoms with E-state index in [9.17, 15) is 14.7 Å². The number of aromatic carboxylic acids is 1. The molecule has 23 heavy (non-hydrogen) atoms. The number of anilines is 1. The first-order valence-corrected chi connectivity index (χ1v) is 7.39. The summed E-state index contributed by atoms with van der Waals surface area (Å²) in [7, 11) is 1.42. The summed E-state index contributed by atoms with van der Waals surface area (Å²) in [6, 6.07) is 12.1. The summed E-state index contributed by atoms with van der Waals surface area (Å²) in [4.78, 5) is 23.2. The molecular weight excluding hydrogens is 366 g/mol. The van der Waals surface area contributed by atoms with E-state index in [-0.39, 0.29) is 22.3 Å². The molecule has 7 heteroatoms. The number of hydrogen-bond donors (Lipinski definition) is 2. The highest BCUT2D eigenvalue weighted by molar-refractivity contribution is 9.10. The van der Waals surface area contributed by atoms with Crippen molar-refractivity contribution in [3.63, 3.8) is 0 Å². The minimum Gasteiger partial charge on any atom is -0.496 e. The van der Waals surface area contributed by atoms with Gasteiger partial charge in [0.1, 0.15) is 17.9 Å². The summed E-state index contributed by atoms with van der Waals surface area (Å²) in [5, 5.41) is 11.7. The number of benzene rings is 2. The lowest BCUT2D eigenvalue weighted by atomic mass is 10.1. The smallest absolute Gasteiger partial charge is 0.411 e. The summed E-state index contributed by atoms with van der Waals surface area (Å²) in [5.41, 5.74) is 0.835. The molecule has 0 spiro atoms. The van der Waals surface area contributed by atoms with Gasteiger partial charge in [0.15, 0.2) is 0 Å². The maximum atomic E-state index is 11.9. The van der Waals surface area contributed by atoms with Crippen LogP contribution >= 0.6 is 15.9 Å². The molecule has 2 rings (SSSR count). The number of carboxylic acid groups (broad SMARTS) is 1. The quantitative estimate of drug-likeness (QED) is 0.822. The molecule has 0 atom stereocenters. The molecule has 6 nitrogen and oxygen atoms in total. The second-order valence-electron chi connectivity index (χ2n) is 4.50. The molecule has 2 aromatic rings. The minimum atomic E-state index is -1.20. The van der Waals surface area contributed by atoms with E-state index in [0.717, 1.165) is 5.56 Å². The summed E-state index contributed by atoms with van der Waals surface area (Å²) < 4.78 is 10.4. The summed E-state index contributed by atoms with van der Waals surface area (Å²) >= 11 is 3.16. The van der Waals surface area contributed by atoms with Crippen LogP contribution in [-0.4, -0.2) is 24.3 Å². The zero-order chi connectivity index (χ0) is 16.8. The third kappa shape index (κ3) is 4.23. The first kappa shape index (κ1) is 16.8. The van der Waals surface area contributed by atoms with Crippen LogP contribution in [0.15, 0.2) is 46.9 Å². The Morgan fingerprint density at radius 2 is 1.87 bits per heavy atom. The minimum absolute atomic E-state index is 0.0897. The van der Waals surface area contributed by atoms with Crippen LogP contribution in [0.5, 0.6) is 5.75 Å². The third-order valence-electron chi connectivity index (χ3n) is 2.99.